The number of fused-ring (bicyclic) bond motifs is 1. The molecule has 0 radical (unpaired) electrons. The molecule has 3 rings (SSSR count). The summed E-state index contributed by atoms with van der Waals surface area (Å²) < 4.78 is 5.66. The summed E-state index contributed by atoms with van der Waals surface area (Å²) in [6.45, 7) is 0. The van der Waals surface area contributed by atoms with Gasteiger partial charge >= 0.3 is 5.97 Å². The Morgan fingerprint density at radius 3 is 2.88 bits per heavy atom. The Morgan fingerprint density at radius 1 is 1.31 bits per heavy atom. The first-order valence-corrected chi connectivity index (χ1v) is 6.64. The third kappa shape index (κ3) is 1.73. The van der Waals surface area contributed by atoms with Gasteiger partial charge in [0.1, 0.15) is 0 Å². The largest absolute Gasteiger partial charge is 0.443 e. The topological polar surface area (TPSA) is 26.3 Å². The van der Waals surface area contributed by atoms with E-state index in [1.54, 1.807) is 0 Å². The van der Waals surface area contributed by atoms with Gasteiger partial charge < -0.3 is 4.74 Å². The molecule has 1 saturated carbocycles. The molecule has 2 nitrogen and oxygen atoms in total. The van der Waals surface area contributed by atoms with E-state index in [9.17, 15) is 4.79 Å². The lowest BCUT2D eigenvalue weighted by molar-refractivity contribution is 0.0226. The van der Waals surface area contributed by atoms with Crippen molar-refractivity contribution in [2.45, 2.75) is 35.9 Å². The highest BCUT2D eigenvalue weighted by Gasteiger charge is 2.60. The molecule has 2 unspecified atom stereocenters. The van der Waals surface area contributed by atoms with Crippen LogP contribution in [0.15, 0.2) is 30.3 Å². The van der Waals surface area contributed by atoms with Gasteiger partial charge in [0, 0.05) is 0 Å². The molecule has 0 spiro atoms. The maximum atomic E-state index is 11.9. The van der Waals surface area contributed by atoms with Crippen LogP contribution in [0, 0.1) is 0 Å². The zero-order valence-corrected chi connectivity index (χ0v) is 9.83. The maximum absolute atomic E-state index is 11.9. The molecule has 0 amide bonds. The average Bonchev–Trinajstić information content (AvgIpc) is 3.04. The number of ether oxygens (including phenoxy) is 1. The van der Waals surface area contributed by atoms with Crippen molar-refractivity contribution < 1.29 is 9.53 Å². The van der Waals surface area contributed by atoms with Crippen molar-refractivity contribution in [1.29, 1.82) is 0 Å². The summed E-state index contributed by atoms with van der Waals surface area (Å²) in [5.74, 6) is -0.169. The number of carbonyl (C=O) groups excluding carboxylic acids is 1. The Morgan fingerprint density at radius 2 is 2.12 bits per heavy atom. The number of rotatable bonds is 2. The number of thioether (sulfide) groups is 1. The van der Waals surface area contributed by atoms with Gasteiger partial charge in [-0.1, -0.05) is 24.6 Å². The summed E-state index contributed by atoms with van der Waals surface area (Å²) in [4.78, 5) is 11.7. The summed E-state index contributed by atoms with van der Waals surface area (Å²) in [5, 5.41) is 0.564. The first kappa shape index (κ1) is 10.2. The van der Waals surface area contributed by atoms with Gasteiger partial charge in [-0.3, -0.25) is 0 Å². The van der Waals surface area contributed by atoms with Crippen molar-refractivity contribution in [3.63, 3.8) is 0 Å². The summed E-state index contributed by atoms with van der Waals surface area (Å²) in [5.41, 5.74) is 0.661. The molecule has 2 atom stereocenters. The zero-order chi connectivity index (χ0) is 11.0. The van der Waals surface area contributed by atoms with E-state index in [2.05, 4.69) is 0 Å². The van der Waals surface area contributed by atoms with E-state index in [1.807, 2.05) is 42.1 Å². The zero-order valence-electron chi connectivity index (χ0n) is 9.02. The Balaban J connectivity index is 1.70. The molecule has 84 valence electrons. The third-order valence-corrected chi connectivity index (χ3v) is 4.91. The Kier molecular flexibility index (Phi) is 2.43. The first-order chi connectivity index (χ1) is 7.80. The van der Waals surface area contributed by atoms with Crippen molar-refractivity contribution in [1.82, 2.24) is 0 Å². The molecule has 0 N–H and O–H groups in total. The quantitative estimate of drug-likeness (QED) is 0.580. The SMILES string of the molecule is O=C(OC12CCCCC1S2)c1ccccc1. The van der Waals surface area contributed by atoms with Crippen molar-refractivity contribution >= 4 is 17.7 Å². The normalized spacial score (nSPS) is 31.6. The van der Waals surface area contributed by atoms with E-state index < -0.39 is 0 Å². The van der Waals surface area contributed by atoms with Gasteiger partial charge in [-0.2, -0.15) is 0 Å². The van der Waals surface area contributed by atoms with Gasteiger partial charge in [0.2, 0.25) is 0 Å². The predicted octanol–water partition coefficient (Wildman–Crippen LogP) is 3.23. The van der Waals surface area contributed by atoms with Gasteiger partial charge in [-0.05, 0) is 31.4 Å². The second kappa shape index (κ2) is 3.81. The molecular formula is C13H14O2S. The number of hydrogen-bond acceptors (Lipinski definition) is 3. The number of esters is 1. The van der Waals surface area contributed by atoms with Crippen molar-refractivity contribution in [2.75, 3.05) is 0 Å². The molecule has 0 aromatic heterocycles. The van der Waals surface area contributed by atoms with E-state index in [-0.39, 0.29) is 10.9 Å². The van der Waals surface area contributed by atoms with Crippen LogP contribution in [0.2, 0.25) is 0 Å². The fraction of sp³-hybridized carbons (Fsp3) is 0.462. The highest BCUT2D eigenvalue weighted by atomic mass is 32.2. The third-order valence-electron chi connectivity index (χ3n) is 3.29. The van der Waals surface area contributed by atoms with Gasteiger partial charge in [0.05, 0.1) is 10.8 Å². The molecule has 16 heavy (non-hydrogen) atoms. The minimum atomic E-state index is -0.169. The molecule has 0 bridgehead atoms. The number of hydrogen-bond donors (Lipinski definition) is 0. The van der Waals surface area contributed by atoms with E-state index in [0.29, 0.717) is 10.8 Å². The van der Waals surface area contributed by atoms with Gasteiger partial charge in [0.15, 0.2) is 4.93 Å². The van der Waals surface area contributed by atoms with Crippen molar-refractivity contribution in [2.24, 2.45) is 0 Å². The second-order valence-electron chi connectivity index (χ2n) is 4.42. The van der Waals surface area contributed by atoms with E-state index in [4.69, 9.17) is 4.74 Å². The van der Waals surface area contributed by atoms with Crippen LogP contribution in [0.25, 0.3) is 0 Å². The monoisotopic (exact) mass is 234 g/mol. The minimum Gasteiger partial charge on any atom is -0.443 e. The van der Waals surface area contributed by atoms with Crippen LogP contribution in [0.1, 0.15) is 36.0 Å². The number of carbonyl (C=O) groups is 1. The molecule has 1 heterocycles. The van der Waals surface area contributed by atoms with E-state index in [1.165, 1.54) is 19.3 Å². The molecule has 1 saturated heterocycles. The maximum Gasteiger partial charge on any atom is 0.339 e. The summed E-state index contributed by atoms with van der Waals surface area (Å²) in [7, 11) is 0. The van der Waals surface area contributed by atoms with Crippen LogP contribution >= 0.6 is 11.8 Å². The lowest BCUT2D eigenvalue weighted by atomic mass is 9.98. The summed E-state index contributed by atoms with van der Waals surface area (Å²) in [6.07, 6.45) is 4.70. The Hall–Kier alpha value is -0.960. The van der Waals surface area contributed by atoms with Crippen LogP contribution in [0.4, 0.5) is 0 Å². The van der Waals surface area contributed by atoms with Crippen LogP contribution in [0.3, 0.4) is 0 Å². The highest BCUT2D eigenvalue weighted by Crippen LogP contribution is 2.62. The van der Waals surface area contributed by atoms with Gasteiger partial charge in [-0.15, -0.1) is 11.8 Å². The molecule has 2 fully saturated rings. The second-order valence-corrected chi connectivity index (χ2v) is 5.92. The molecule has 2 aliphatic rings. The van der Waals surface area contributed by atoms with Crippen molar-refractivity contribution in [3.05, 3.63) is 35.9 Å². The highest BCUT2D eigenvalue weighted by molar-refractivity contribution is 8.08. The number of benzene rings is 1. The smallest absolute Gasteiger partial charge is 0.339 e. The molecule has 1 aromatic rings. The fourth-order valence-electron chi connectivity index (χ4n) is 2.34. The molecular weight excluding hydrogens is 220 g/mol. The average molecular weight is 234 g/mol. The van der Waals surface area contributed by atoms with Crippen LogP contribution in [-0.4, -0.2) is 16.2 Å². The van der Waals surface area contributed by atoms with Gasteiger partial charge in [-0.25, -0.2) is 4.79 Å². The first-order valence-electron chi connectivity index (χ1n) is 5.76. The minimum absolute atomic E-state index is 0.162. The van der Waals surface area contributed by atoms with Crippen LogP contribution in [-0.2, 0) is 4.74 Å². The predicted molar refractivity (Wildman–Crippen MR) is 64.4 cm³/mol. The van der Waals surface area contributed by atoms with E-state index >= 15 is 0 Å². The standard InChI is InChI=1S/C13H14O2S/c14-12(10-6-2-1-3-7-10)15-13-9-5-4-8-11(13)16-13/h1-3,6-7,11H,4-5,8-9H2. The van der Waals surface area contributed by atoms with E-state index in [0.717, 1.165) is 6.42 Å². The lowest BCUT2D eigenvalue weighted by Crippen LogP contribution is -2.26. The molecule has 3 heteroatoms. The Labute approximate surface area is 99.4 Å². The molecule has 1 aliphatic carbocycles. The molecule has 1 aliphatic heterocycles. The van der Waals surface area contributed by atoms with Gasteiger partial charge in [0.25, 0.3) is 0 Å². The van der Waals surface area contributed by atoms with Crippen LogP contribution < -0.4 is 0 Å². The Bertz CT molecular complexity index is 404. The molecule has 1 aromatic carbocycles. The summed E-state index contributed by atoms with van der Waals surface area (Å²) in [6, 6.07) is 9.26. The van der Waals surface area contributed by atoms with Crippen LogP contribution in [0.5, 0.6) is 0 Å². The van der Waals surface area contributed by atoms with Crippen molar-refractivity contribution in [3.8, 4) is 0 Å². The lowest BCUT2D eigenvalue weighted by Gasteiger charge is -2.20. The summed E-state index contributed by atoms with van der Waals surface area (Å²) >= 11 is 1.83. The fourth-order valence-corrected chi connectivity index (χ4v) is 3.71.